The predicted octanol–water partition coefficient (Wildman–Crippen LogP) is 2.57. The van der Waals surface area contributed by atoms with E-state index in [2.05, 4.69) is 4.98 Å². The summed E-state index contributed by atoms with van der Waals surface area (Å²) in [5.74, 6) is -0.330. The fraction of sp³-hybridized carbons (Fsp3) is 0.389. The molecule has 1 atom stereocenters. The van der Waals surface area contributed by atoms with E-state index in [9.17, 15) is 9.59 Å². The molecular weight excluding hydrogens is 354 g/mol. The number of benzene rings is 1. The molecule has 1 aromatic carbocycles. The van der Waals surface area contributed by atoms with E-state index in [4.69, 9.17) is 14.5 Å². The molecule has 0 aliphatic carbocycles. The van der Waals surface area contributed by atoms with Crippen LogP contribution in [0.25, 0.3) is 21.9 Å². The zero-order chi connectivity index (χ0) is 18.7. The summed E-state index contributed by atoms with van der Waals surface area (Å²) in [5.41, 5.74) is 1.74. The molecule has 0 radical (unpaired) electrons. The van der Waals surface area contributed by atoms with E-state index in [1.165, 1.54) is 11.8 Å². The number of nitrogens with one attached hydrogen (secondary N) is 1. The highest BCUT2D eigenvalue weighted by Crippen LogP contribution is 2.27. The minimum Gasteiger partial charge on any atom is -0.465 e. The number of nitrogens with zero attached hydrogens (tertiary/aromatic N) is 2. The summed E-state index contributed by atoms with van der Waals surface area (Å²) in [5, 5.41) is 0.882. The fourth-order valence-electron chi connectivity index (χ4n) is 2.71. The summed E-state index contributed by atoms with van der Waals surface area (Å²) in [6.07, 6.45) is 0. The molecule has 26 heavy (non-hydrogen) atoms. The van der Waals surface area contributed by atoms with Crippen LogP contribution in [0.4, 0.5) is 0 Å². The normalized spacial score (nSPS) is 12.6. The van der Waals surface area contributed by atoms with Gasteiger partial charge in [0.1, 0.15) is 16.3 Å². The molecule has 1 N–H and O–H groups in total. The van der Waals surface area contributed by atoms with Gasteiger partial charge in [0.15, 0.2) is 5.16 Å². The summed E-state index contributed by atoms with van der Waals surface area (Å²) in [6, 6.07) is 7.63. The first kappa shape index (κ1) is 18.5. The molecule has 138 valence electrons. The van der Waals surface area contributed by atoms with Crippen LogP contribution in [0.1, 0.15) is 13.8 Å². The first-order valence-corrected chi connectivity index (χ1v) is 9.28. The van der Waals surface area contributed by atoms with Crippen LogP contribution in [0.5, 0.6) is 0 Å². The van der Waals surface area contributed by atoms with Crippen LogP contribution < -0.4 is 5.56 Å². The van der Waals surface area contributed by atoms with Crippen molar-refractivity contribution in [2.75, 3.05) is 20.3 Å². The molecule has 0 bridgehead atoms. The second-order valence-electron chi connectivity index (χ2n) is 5.75. The lowest BCUT2D eigenvalue weighted by Crippen LogP contribution is -2.27. The third kappa shape index (κ3) is 3.47. The van der Waals surface area contributed by atoms with Gasteiger partial charge < -0.3 is 14.5 Å². The number of ether oxygens (including phenoxy) is 2. The van der Waals surface area contributed by atoms with Crippen molar-refractivity contribution in [2.24, 2.45) is 0 Å². The molecule has 0 aliphatic heterocycles. The molecule has 0 aliphatic rings. The maximum atomic E-state index is 13.0. The lowest BCUT2D eigenvalue weighted by Gasteiger charge is -2.14. The largest absolute Gasteiger partial charge is 0.465 e. The average Bonchev–Trinajstić information content (AvgIpc) is 3.01. The number of rotatable bonds is 7. The van der Waals surface area contributed by atoms with Gasteiger partial charge in [0.2, 0.25) is 0 Å². The molecule has 2 aromatic heterocycles. The summed E-state index contributed by atoms with van der Waals surface area (Å²) in [6.45, 7) is 4.55. The molecule has 0 spiro atoms. The Bertz CT molecular complexity index is 995. The molecule has 0 saturated heterocycles. The quantitative estimate of drug-likeness (QED) is 0.388. The Balaban J connectivity index is 2.13. The van der Waals surface area contributed by atoms with Gasteiger partial charge in [-0.3, -0.25) is 14.2 Å². The van der Waals surface area contributed by atoms with Crippen LogP contribution in [0.3, 0.4) is 0 Å². The number of aromatic nitrogens is 3. The lowest BCUT2D eigenvalue weighted by molar-refractivity contribution is -0.142. The first-order valence-electron chi connectivity index (χ1n) is 8.40. The number of H-pyrrole nitrogens is 1. The summed E-state index contributed by atoms with van der Waals surface area (Å²) in [4.78, 5) is 32.8. The number of methoxy groups -OCH3 is 1. The first-order chi connectivity index (χ1) is 12.6. The smallest absolute Gasteiger partial charge is 0.319 e. The Kier molecular flexibility index (Phi) is 5.63. The minimum atomic E-state index is -0.474. The van der Waals surface area contributed by atoms with Gasteiger partial charge in [0.05, 0.1) is 19.8 Å². The van der Waals surface area contributed by atoms with E-state index in [0.29, 0.717) is 35.9 Å². The molecule has 0 fully saturated rings. The van der Waals surface area contributed by atoms with E-state index in [-0.39, 0.29) is 11.5 Å². The molecule has 7 nitrogen and oxygen atoms in total. The van der Waals surface area contributed by atoms with Crippen molar-refractivity contribution in [3.05, 3.63) is 34.6 Å². The zero-order valence-corrected chi connectivity index (χ0v) is 15.8. The van der Waals surface area contributed by atoms with Crippen molar-refractivity contribution in [3.8, 4) is 0 Å². The third-order valence-corrected chi connectivity index (χ3v) is 5.06. The van der Waals surface area contributed by atoms with E-state index < -0.39 is 5.25 Å². The Morgan fingerprint density at radius 3 is 2.88 bits per heavy atom. The van der Waals surface area contributed by atoms with Gasteiger partial charge in [-0.05, 0) is 19.9 Å². The highest BCUT2D eigenvalue weighted by molar-refractivity contribution is 8.00. The van der Waals surface area contributed by atoms with Crippen LogP contribution in [0.15, 0.2) is 34.2 Å². The van der Waals surface area contributed by atoms with Gasteiger partial charge in [-0.15, -0.1) is 0 Å². The zero-order valence-electron chi connectivity index (χ0n) is 14.9. The van der Waals surface area contributed by atoms with Crippen LogP contribution in [-0.2, 0) is 20.8 Å². The number of hydrogen-bond acceptors (Lipinski definition) is 6. The standard InChI is InChI=1S/C18H21N3O4S/c1-4-25-17(23)11(2)26-18-20-14-12-7-5-6-8-13(12)19-15(14)16(22)21(18)9-10-24-3/h5-8,11,19H,4,9-10H2,1-3H3. The van der Waals surface area contributed by atoms with Gasteiger partial charge in [-0.25, -0.2) is 4.98 Å². The second kappa shape index (κ2) is 7.92. The monoisotopic (exact) mass is 375 g/mol. The number of para-hydroxylation sites is 1. The van der Waals surface area contributed by atoms with Crippen LogP contribution in [0, 0.1) is 0 Å². The van der Waals surface area contributed by atoms with Gasteiger partial charge in [-0.1, -0.05) is 30.0 Å². The molecular formula is C18H21N3O4S. The number of esters is 1. The Morgan fingerprint density at radius 2 is 2.15 bits per heavy atom. The van der Waals surface area contributed by atoms with Crippen molar-refractivity contribution in [2.45, 2.75) is 30.8 Å². The van der Waals surface area contributed by atoms with Crippen LogP contribution in [0.2, 0.25) is 0 Å². The number of carbonyl (C=O) groups excluding carboxylic acids is 1. The molecule has 3 aromatic rings. The minimum absolute atomic E-state index is 0.179. The summed E-state index contributed by atoms with van der Waals surface area (Å²) >= 11 is 1.22. The number of carbonyl (C=O) groups is 1. The van der Waals surface area contributed by atoms with Crippen molar-refractivity contribution >= 4 is 39.7 Å². The topological polar surface area (TPSA) is 86.2 Å². The maximum absolute atomic E-state index is 13.0. The van der Waals surface area contributed by atoms with Gasteiger partial charge in [0.25, 0.3) is 5.56 Å². The van der Waals surface area contributed by atoms with Gasteiger partial charge >= 0.3 is 5.97 Å². The van der Waals surface area contributed by atoms with Gasteiger partial charge in [-0.2, -0.15) is 0 Å². The Labute approximate surface area is 154 Å². The SMILES string of the molecule is CCOC(=O)C(C)Sc1nc2c([nH]c3ccccc32)c(=O)n1CCOC. The molecule has 3 rings (SSSR count). The number of hydrogen-bond donors (Lipinski definition) is 1. The molecule has 1 unspecified atom stereocenters. The van der Waals surface area contributed by atoms with Crippen molar-refractivity contribution in [1.29, 1.82) is 0 Å². The molecule has 2 heterocycles. The Morgan fingerprint density at radius 1 is 1.38 bits per heavy atom. The lowest BCUT2D eigenvalue weighted by atomic mass is 10.2. The second-order valence-corrected chi connectivity index (χ2v) is 7.06. The van der Waals surface area contributed by atoms with Crippen molar-refractivity contribution in [1.82, 2.24) is 14.5 Å². The van der Waals surface area contributed by atoms with Crippen molar-refractivity contribution < 1.29 is 14.3 Å². The van der Waals surface area contributed by atoms with E-state index in [1.807, 2.05) is 24.3 Å². The number of thioether (sulfide) groups is 1. The molecule has 0 saturated carbocycles. The van der Waals surface area contributed by atoms with E-state index in [0.717, 1.165) is 10.9 Å². The van der Waals surface area contributed by atoms with Crippen molar-refractivity contribution in [3.63, 3.8) is 0 Å². The highest BCUT2D eigenvalue weighted by Gasteiger charge is 2.21. The third-order valence-electron chi connectivity index (χ3n) is 4.00. The maximum Gasteiger partial charge on any atom is 0.319 e. The number of aromatic amines is 1. The average molecular weight is 375 g/mol. The number of fused-ring (bicyclic) bond motifs is 3. The molecule has 8 heteroatoms. The predicted molar refractivity (Wildman–Crippen MR) is 102 cm³/mol. The van der Waals surface area contributed by atoms with Gasteiger partial charge in [0, 0.05) is 18.0 Å². The van der Waals surface area contributed by atoms with E-state index >= 15 is 0 Å². The highest BCUT2D eigenvalue weighted by atomic mass is 32.2. The fourth-order valence-corrected chi connectivity index (χ4v) is 3.64. The van der Waals surface area contributed by atoms with Crippen LogP contribution >= 0.6 is 11.8 Å². The Hall–Kier alpha value is -2.32. The van der Waals surface area contributed by atoms with Crippen LogP contribution in [-0.4, -0.2) is 46.1 Å². The summed E-state index contributed by atoms with van der Waals surface area (Å²) < 4.78 is 11.7. The van der Waals surface area contributed by atoms with E-state index in [1.54, 1.807) is 25.5 Å². The summed E-state index contributed by atoms with van der Waals surface area (Å²) in [7, 11) is 1.58. The molecule has 0 amide bonds.